The summed E-state index contributed by atoms with van der Waals surface area (Å²) in [5.74, 6) is 0.317. The molecule has 1 aliphatic heterocycles. The predicted molar refractivity (Wildman–Crippen MR) is 130 cm³/mol. The van der Waals surface area contributed by atoms with Crippen LogP contribution in [0, 0.1) is 13.8 Å². The van der Waals surface area contributed by atoms with Crippen molar-refractivity contribution in [1.29, 1.82) is 0 Å². The number of alkyl halides is 3. The smallest absolute Gasteiger partial charge is 0.389 e. The molecular formula is C27H28F3N3O4. The second kappa shape index (κ2) is 11.1. The molecule has 2 aromatic carbocycles. The SMILES string of the molecule is Cc1noc(C)c1-c1ccc2c(c1)Cc1cccc(c1)C(=O)NCCN(C(=O)CCC(F)(F)F)CCO2. The molecule has 37 heavy (non-hydrogen) atoms. The van der Waals surface area contributed by atoms with Crippen molar-refractivity contribution >= 4 is 11.8 Å². The number of hydrogen-bond acceptors (Lipinski definition) is 5. The van der Waals surface area contributed by atoms with Gasteiger partial charge in [0.25, 0.3) is 5.91 Å². The number of nitrogens with zero attached hydrogens (tertiary/aromatic N) is 2. The maximum atomic E-state index is 12.7. The van der Waals surface area contributed by atoms with Crippen LogP contribution in [0.15, 0.2) is 47.0 Å². The predicted octanol–water partition coefficient (Wildman–Crippen LogP) is 4.84. The van der Waals surface area contributed by atoms with Gasteiger partial charge in [0.15, 0.2) is 0 Å². The van der Waals surface area contributed by atoms with Gasteiger partial charge in [-0.05, 0) is 54.8 Å². The molecule has 3 aromatic rings. The number of rotatable bonds is 3. The van der Waals surface area contributed by atoms with E-state index in [1.807, 2.05) is 38.1 Å². The van der Waals surface area contributed by atoms with Gasteiger partial charge in [-0.15, -0.1) is 0 Å². The van der Waals surface area contributed by atoms with E-state index < -0.39 is 24.9 Å². The summed E-state index contributed by atoms with van der Waals surface area (Å²) in [6.45, 7) is 4.05. The van der Waals surface area contributed by atoms with E-state index in [0.717, 1.165) is 27.9 Å². The highest BCUT2D eigenvalue weighted by molar-refractivity contribution is 5.94. The minimum Gasteiger partial charge on any atom is -0.491 e. The van der Waals surface area contributed by atoms with Crippen LogP contribution in [-0.2, 0) is 11.2 Å². The fourth-order valence-corrected chi connectivity index (χ4v) is 4.39. The van der Waals surface area contributed by atoms with Crippen LogP contribution in [0.3, 0.4) is 0 Å². The van der Waals surface area contributed by atoms with Crippen molar-refractivity contribution < 1.29 is 32.0 Å². The molecule has 10 heteroatoms. The third kappa shape index (κ3) is 6.69. The Hall–Kier alpha value is -3.82. The van der Waals surface area contributed by atoms with Crippen molar-refractivity contribution in [3.63, 3.8) is 0 Å². The number of amides is 2. The largest absolute Gasteiger partial charge is 0.491 e. The van der Waals surface area contributed by atoms with E-state index in [2.05, 4.69) is 10.5 Å². The maximum Gasteiger partial charge on any atom is 0.389 e. The van der Waals surface area contributed by atoms with Crippen LogP contribution in [0.2, 0.25) is 0 Å². The summed E-state index contributed by atoms with van der Waals surface area (Å²) in [5.41, 5.74) is 4.76. The van der Waals surface area contributed by atoms with E-state index in [-0.39, 0.29) is 32.1 Å². The van der Waals surface area contributed by atoms with Crippen LogP contribution in [0.25, 0.3) is 11.1 Å². The lowest BCUT2D eigenvalue weighted by molar-refractivity contribution is -0.149. The normalized spacial score (nSPS) is 14.8. The topological polar surface area (TPSA) is 84.7 Å². The van der Waals surface area contributed by atoms with Crippen LogP contribution in [0.1, 0.15) is 45.8 Å². The lowest BCUT2D eigenvalue weighted by atomic mass is 9.96. The van der Waals surface area contributed by atoms with Crippen LogP contribution >= 0.6 is 0 Å². The zero-order chi connectivity index (χ0) is 26.6. The summed E-state index contributed by atoms with van der Waals surface area (Å²) in [6, 6.07) is 12.9. The summed E-state index contributed by atoms with van der Waals surface area (Å²) in [4.78, 5) is 26.5. The van der Waals surface area contributed by atoms with E-state index >= 15 is 0 Å². The quantitative estimate of drug-likeness (QED) is 0.540. The molecule has 1 aliphatic rings. The first kappa shape index (κ1) is 26.2. The minimum atomic E-state index is -4.42. The van der Waals surface area contributed by atoms with Crippen molar-refractivity contribution in [1.82, 2.24) is 15.4 Å². The Morgan fingerprint density at radius 3 is 2.65 bits per heavy atom. The van der Waals surface area contributed by atoms with Gasteiger partial charge in [-0.3, -0.25) is 9.59 Å². The third-order valence-corrected chi connectivity index (χ3v) is 6.23. The Morgan fingerprint density at radius 1 is 1.11 bits per heavy atom. The van der Waals surface area contributed by atoms with Crippen LogP contribution in [-0.4, -0.2) is 54.3 Å². The summed E-state index contributed by atoms with van der Waals surface area (Å²) in [7, 11) is 0. The number of benzene rings is 2. The van der Waals surface area contributed by atoms with Gasteiger partial charge in [0.2, 0.25) is 5.91 Å². The molecule has 0 atom stereocenters. The Balaban J connectivity index is 1.65. The van der Waals surface area contributed by atoms with Crippen molar-refractivity contribution in [3.8, 4) is 16.9 Å². The number of carbonyl (C=O) groups excluding carboxylic acids is 2. The van der Waals surface area contributed by atoms with E-state index in [4.69, 9.17) is 9.26 Å². The number of aryl methyl sites for hydroxylation is 2. The van der Waals surface area contributed by atoms with Gasteiger partial charge in [0.05, 0.1) is 18.7 Å². The molecule has 0 fully saturated rings. The molecule has 7 nitrogen and oxygen atoms in total. The first-order chi connectivity index (χ1) is 17.6. The fraction of sp³-hybridized carbons (Fsp3) is 0.370. The number of halogens is 3. The minimum absolute atomic E-state index is 0.0727. The number of hydrogen-bond donors (Lipinski definition) is 1. The van der Waals surface area contributed by atoms with Gasteiger partial charge in [-0.2, -0.15) is 13.2 Å². The van der Waals surface area contributed by atoms with E-state index in [1.165, 1.54) is 4.90 Å². The molecule has 0 saturated carbocycles. The first-order valence-corrected chi connectivity index (χ1v) is 12.0. The number of ether oxygens (including phenoxy) is 1. The highest BCUT2D eigenvalue weighted by atomic mass is 19.4. The van der Waals surface area contributed by atoms with Crippen LogP contribution in [0.5, 0.6) is 5.75 Å². The molecule has 0 saturated heterocycles. The van der Waals surface area contributed by atoms with E-state index in [0.29, 0.717) is 23.5 Å². The highest BCUT2D eigenvalue weighted by Gasteiger charge is 2.29. The van der Waals surface area contributed by atoms with Crippen molar-refractivity contribution in [3.05, 3.63) is 70.6 Å². The molecule has 1 aromatic heterocycles. The van der Waals surface area contributed by atoms with E-state index in [1.54, 1.807) is 18.2 Å². The summed E-state index contributed by atoms with van der Waals surface area (Å²) >= 11 is 0. The number of nitrogens with one attached hydrogen (secondary N) is 1. The van der Waals surface area contributed by atoms with Crippen LogP contribution < -0.4 is 10.1 Å². The Morgan fingerprint density at radius 2 is 1.92 bits per heavy atom. The summed E-state index contributed by atoms with van der Waals surface area (Å²) < 4.78 is 49.4. The zero-order valence-electron chi connectivity index (χ0n) is 20.7. The number of carbonyl (C=O) groups is 2. The molecule has 4 rings (SSSR count). The molecule has 0 aliphatic carbocycles. The Bertz CT molecular complexity index is 1270. The second-order valence-electron chi connectivity index (χ2n) is 9.00. The molecule has 0 spiro atoms. The maximum absolute atomic E-state index is 12.7. The molecular weight excluding hydrogens is 487 g/mol. The molecule has 2 amide bonds. The lowest BCUT2D eigenvalue weighted by Gasteiger charge is -2.24. The summed E-state index contributed by atoms with van der Waals surface area (Å²) in [6.07, 6.45) is -5.81. The number of aromatic nitrogens is 1. The average molecular weight is 516 g/mol. The monoisotopic (exact) mass is 515 g/mol. The summed E-state index contributed by atoms with van der Waals surface area (Å²) in [5, 5.41) is 6.78. The van der Waals surface area contributed by atoms with Gasteiger partial charge in [-0.25, -0.2) is 0 Å². The lowest BCUT2D eigenvalue weighted by Crippen LogP contribution is -2.41. The highest BCUT2D eigenvalue weighted by Crippen LogP contribution is 2.32. The second-order valence-corrected chi connectivity index (χ2v) is 9.00. The van der Waals surface area contributed by atoms with Crippen molar-refractivity contribution in [2.24, 2.45) is 0 Å². The van der Waals surface area contributed by atoms with Gasteiger partial charge in [0, 0.05) is 37.1 Å². The van der Waals surface area contributed by atoms with Gasteiger partial charge in [-0.1, -0.05) is 23.4 Å². The Labute approximate surface area is 212 Å². The average Bonchev–Trinajstić information content (AvgIpc) is 3.19. The van der Waals surface area contributed by atoms with Crippen LogP contribution in [0.4, 0.5) is 13.2 Å². The van der Waals surface area contributed by atoms with Gasteiger partial charge in [0.1, 0.15) is 18.1 Å². The molecule has 1 N–H and O–H groups in total. The van der Waals surface area contributed by atoms with Crippen molar-refractivity contribution in [2.75, 3.05) is 26.2 Å². The molecule has 0 unspecified atom stereocenters. The van der Waals surface area contributed by atoms with Gasteiger partial charge >= 0.3 is 6.18 Å². The van der Waals surface area contributed by atoms with Crippen molar-refractivity contribution in [2.45, 2.75) is 39.3 Å². The van der Waals surface area contributed by atoms with E-state index in [9.17, 15) is 22.8 Å². The Kier molecular flexibility index (Phi) is 7.85. The zero-order valence-corrected chi connectivity index (χ0v) is 20.7. The molecule has 196 valence electrons. The fourth-order valence-electron chi connectivity index (χ4n) is 4.39. The first-order valence-electron chi connectivity index (χ1n) is 12.0. The standard InChI is InChI=1S/C27H28F3N3O4/c1-17-25(18(2)37-32-17)20-6-7-23-22(16-20)15-19-4-3-5-21(14-19)26(35)31-10-11-33(12-13-36-23)24(34)8-9-27(28,29)30/h3-7,14,16H,8-13,15H2,1-2H3,(H,31,35). The molecule has 2 bridgehead atoms. The molecule has 2 heterocycles. The third-order valence-electron chi connectivity index (χ3n) is 6.23. The van der Waals surface area contributed by atoms with Gasteiger partial charge < -0.3 is 19.5 Å². The number of fused-ring (bicyclic) bond motifs is 3. The molecule has 0 radical (unpaired) electrons.